The number of β-amino-alcohol motifs (C(OH)–C–C–N with tert-alkyl or cyclic N) is 1. The number of hydrogen-bond acceptors (Lipinski definition) is 3. The summed E-state index contributed by atoms with van der Waals surface area (Å²) in [5.41, 5.74) is 0. The summed E-state index contributed by atoms with van der Waals surface area (Å²) in [5.74, 6) is 0.877. The molecule has 0 amide bonds. The highest BCUT2D eigenvalue weighted by Gasteiger charge is 2.19. The van der Waals surface area contributed by atoms with E-state index in [0.717, 1.165) is 36.3 Å². The Hall–Kier alpha value is -0.580. The second-order valence-electron chi connectivity index (χ2n) is 4.02. The predicted octanol–water partition coefficient (Wildman–Crippen LogP) is 1.89. The van der Waals surface area contributed by atoms with Crippen molar-refractivity contribution in [3.8, 4) is 5.75 Å². The molecule has 0 spiro atoms. The fourth-order valence-electron chi connectivity index (χ4n) is 1.86. The van der Waals surface area contributed by atoms with Crippen LogP contribution < -0.4 is 4.74 Å². The van der Waals surface area contributed by atoms with Crippen LogP contribution in [0.4, 0.5) is 0 Å². The highest BCUT2D eigenvalue weighted by molar-refractivity contribution is 9.10. The molecule has 1 heterocycles. The first kappa shape index (κ1) is 11.9. The molecule has 0 radical (unpaired) electrons. The minimum Gasteiger partial charge on any atom is -0.491 e. The van der Waals surface area contributed by atoms with Crippen LogP contribution in [0.3, 0.4) is 0 Å². The van der Waals surface area contributed by atoms with Gasteiger partial charge in [0.25, 0.3) is 0 Å². The fraction of sp³-hybridized carbons (Fsp3) is 0.500. The Morgan fingerprint density at radius 2 is 2.25 bits per heavy atom. The van der Waals surface area contributed by atoms with Crippen molar-refractivity contribution in [3.63, 3.8) is 0 Å². The van der Waals surface area contributed by atoms with Crippen molar-refractivity contribution >= 4 is 15.9 Å². The van der Waals surface area contributed by atoms with E-state index in [-0.39, 0.29) is 6.10 Å². The zero-order valence-corrected chi connectivity index (χ0v) is 10.7. The van der Waals surface area contributed by atoms with Crippen LogP contribution in [-0.4, -0.2) is 42.4 Å². The number of aliphatic hydroxyl groups is 1. The van der Waals surface area contributed by atoms with Crippen molar-refractivity contribution in [2.45, 2.75) is 12.5 Å². The molecule has 0 bridgehead atoms. The molecule has 1 aromatic rings. The number of hydrogen-bond donors (Lipinski definition) is 1. The third-order valence-corrected chi connectivity index (χ3v) is 3.40. The fourth-order valence-corrected chi connectivity index (χ4v) is 2.26. The molecule has 1 aromatic carbocycles. The number of benzene rings is 1. The van der Waals surface area contributed by atoms with Gasteiger partial charge in [-0.25, -0.2) is 0 Å². The van der Waals surface area contributed by atoms with Crippen molar-refractivity contribution in [2.24, 2.45) is 0 Å². The Morgan fingerprint density at radius 3 is 2.94 bits per heavy atom. The molecule has 1 unspecified atom stereocenters. The van der Waals surface area contributed by atoms with E-state index < -0.39 is 0 Å². The summed E-state index contributed by atoms with van der Waals surface area (Å²) in [6, 6.07) is 7.84. The van der Waals surface area contributed by atoms with Crippen molar-refractivity contribution in [1.82, 2.24) is 4.90 Å². The molecule has 1 atom stereocenters. The van der Waals surface area contributed by atoms with Gasteiger partial charge in [-0.2, -0.15) is 0 Å². The molecule has 3 nitrogen and oxygen atoms in total. The highest BCUT2D eigenvalue weighted by Crippen LogP contribution is 2.23. The molecule has 1 aliphatic heterocycles. The van der Waals surface area contributed by atoms with E-state index in [1.807, 2.05) is 24.3 Å². The van der Waals surface area contributed by atoms with Crippen molar-refractivity contribution < 1.29 is 9.84 Å². The van der Waals surface area contributed by atoms with Gasteiger partial charge < -0.3 is 9.84 Å². The second kappa shape index (κ2) is 5.66. The number of nitrogens with zero attached hydrogens (tertiary/aromatic N) is 1. The number of para-hydroxylation sites is 1. The minimum atomic E-state index is -0.150. The van der Waals surface area contributed by atoms with Crippen molar-refractivity contribution in [3.05, 3.63) is 28.7 Å². The van der Waals surface area contributed by atoms with Crippen LogP contribution in [-0.2, 0) is 0 Å². The SMILES string of the molecule is OC1CCN(CCOc2ccccc2Br)C1. The average Bonchev–Trinajstić information content (AvgIpc) is 2.67. The zero-order valence-electron chi connectivity index (χ0n) is 9.10. The van der Waals surface area contributed by atoms with E-state index in [9.17, 15) is 5.11 Å². The van der Waals surface area contributed by atoms with Gasteiger partial charge in [0.15, 0.2) is 0 Å². The molecule has 0 aromatic heterocycles. The van der Waals surface area contributed by atoms with Crippen LogP contribution in [0, 0.1) is 0 Å². The van der Waals surface area contributed by atoms with Crippen LogP contribution in [0.1, 0.15) is 6.42 Å². The summed E-state index contributed by atoms with van der Waals surface area (Å²) in [4.78, 5) is 2.22. The first-order valence-electron chi connectivity index (χ1n) is 5.53. The Bertz CT molecular complexity index is 346. The number of likely N-dealkylation sites (tertiary alicyclic amines) is 1. The van der Waals surface area contributed by atoms with E-state index in [1.54, 1.807) is 0 Å². The molecule has 1 aliphatic rings. The molecule has 16 heavy (non-hydrogen) atoms. The lowest BCUT2D eigenvalue weighted by Gasteiger charge is -2.15. The second-order valence-corrected chi connectivity index (χ2v) is 4.88. The highest BCUT2D eigenvalue weighted by atomic mass is 79.9. The number of ether oxygens (including phenoxy) is 1. The van der Waals surface area contributed by atoms with E-state index in [2.05, 4.69) is 20.8 Å². The molecular weight excluding hydrogens is 270 g/mol. The van der Waals surface area contributed by atoms with Crippen molar-refractivity contribution in [1.29, 1.82) is 0 Å². The maximum Gasteiger partial charge on any atom is 0.133 e. The minimum absolute atomic E-state index is 0.150. The molecule has 1 saturated heterocycles. The first-order valence-corrected chi connectivity index (χ1v) is 6.33. The van der Waals surface area contributed by atoms with Gasteiger partial charge in [-0.3, -0.25) is 4.90 Å². The summed E-state index contributed by atoms with van der Waals surface area (Å²) in [6.07, 6.45) is 0.734. The number of halogens is 1. The maximum absolute atomic E-state index is 9.37. The molecule has 1 fully saturated rings. The van der Waals surface area contributed by atoms with Gasteiger partial charge in [0.2, 0.25) is 0 Å². The molecule has 2 rings (SSSR count). The largest absolute Gasteiger partial charge is 0.491 e. The topological polar surface area (TPSA) is 32.7 Å². The van der Waals surface area contributed by atoms with E-state index in [4.69, 9.17) is 4.74 Å². The first-order chi connectivity index (χ1) is 7.75. The zero-order chi connectivity index (χ0) is 11.4. The monoisotopic (exact) mass is 285 g/mol. The van der Waals surface area contributed by atoms with Crippen LogP contribution in [0.15, 0.2) is 28.7 Å². The number of rotatable bonds is 4. The van der Waals surface area contributed by atoms with Gasteiger partial charge in [0, 0.05) is 19.6 Å². The summed E-state index contributed by atoms with van der Waals surface area (Å²) in [7, 11) is 0. The standard InChI is InChI=1S/C12H16BrNO2/c13-11-3-1-2-4-12(11)16-8-7-14-6-5-10(15)9-14/h1-4,10,15H,5-9H2. The van der Waals surface area contributed by atoms with Gasteiger partial charge in [0.05, 0.1) is 10.6 Å². The van der Waals surface area contributed by atoms with E-state index in [0.29, 0.717) is 6.61 Å². The maximum atomic E-state index is 9.37. The lowest BCUT2D eigenvalue weighted by atomic mass is 10.3. The summed E-state index contributed by atoms with van der Waals surface area (Å²) >= 11 is 3.44. The van der Waals surface area contributed by atoms with Crippen LogP contribution in [0.25, 0.3) is 0 Å². The Kier molecular flexibility index (Phi) is 4.21. The summed E-state index contributed by atoms with van der Waals surface area (Å²) in [6.45, 7) is 3.29. The quantitative estimate of drug-likeness (QED) is 0.917. The Labute approximate surface area is 104 Å². The van der Waals surface area contributed by atoms with Gasteiger partial charge >= 0.3 is 0 Å². The summed E-state index contributed by atoms with van der Waals surface area (Å²) in [5, 5.41) is 9.37. The lowest BCUT2D eigenvalue weighted by Crippen LogP contribution is -2.27. The Morgan fingerprint density at radius 1 is 1.44 bits per heavy atom. The molecule has 4 heteroatoms. The van der Waals surface area contributed by atoms with Gasteiger partial charge in [0.1, 0.15) is 12.4 Å². The van der Waals surface area contributed by atoms with Crippen LogP contribution in [0.2, 0.25) is 0 Å². The molecule has 0 aliphatic carbocycles. The number of aliphatic hydroxyl groups excluding tert-OH is 1. The molecular formula is C12H16BrNO2. The molecule has 88 valence electrons. The predicted molar refractivity (Wildman–Crippen MR) is 66.7 cm³/mol. The summed E-state index contributed by atoms with van der Waals surface area (Å²) < 4.78 is 6.65. The van der Waals surface area contributed by atoms with Crippen LogP contribution >= 0.6 is 15.9 Å². The lowest BCUT2D eigenvalue weighted by molar-refractivity contribution is 0.167. The molecule has 1 N–H and O–H groups in total. The average molecular weight is 286 g/mol. The van der Waals surface area contributed by atoms with E-state index in [1.165, 1.54) is 0 Å². The normalized spacial score (nSPS) is 21.2. The smallest absolute Gasteiger partial charge is 0.133 e. The van der Waals surface area contributed by atoms with Gasteiger partial charge in [-0.1, -0.05) is 12.1 Å². The van der Waals surface area contributed by atoms with Gasteiger partial charge in [-0.05, 0) is 34.5 Å². The van der Waals surface area contributed by atoms with Gasteiger partial charge in [-0.15, -0.1) is 0 Å². The third kappa shape index (κ3) is 3.20. The van der Waals surface area contributed by atoms with Crippen LogP contribution in [0.5, 0.6) is 5.75 Å². The van der Waals surface area contributed by atoms with Crippen molar-refractivity contribution in [2.75, 3.05) is 26.2 Å². The molecule has 0 saturated carbocycles. The van der Waals surface area contributed by atoms with E-state index >= 15 is 0 Å². The third-order valence-electron chi connectivity index (χ3n) is 2.75. The Balaban J connectivity index is 1.74.